The van der Waals surface area contributed by atoms with Crippen LogP contribution in [0.5, 0.6) is 0 Å². The molecule has 0 N–H and O–H groups in total. The predicted molar refractivity (Wildman–Crippen MR) is 121 cm³/mol. The highest BCUT2D eigenvalue weighted by Crippen LogP contribution is 2.23. The molecule has 1 atom stereocenters. The van der Waals surface area contributed by atoms with Crippen LogP contribution in [0.15, 0.2) is 69.6 Å². The van der Waals surface area contributed by atoms with Gasteiger partial charge in [0.1, 0.15) is 0 Å². The normalized spacial score (nSPS) is 14.7. The average Bonchev–Trinajstić information content (AvgIpc) is 3.28. The van der Waals surface area contributed by atoms with E-state index in [0.29, 0.717) is 22.6 Å². The molecule has 0 saturated carbocycles. The van der Waals surface area contributed by atoms with E-state index in [9.17, 15) is 9.59 Å². The number of thioether (sulfide) groups is 1. The topological polar surface area (TPSA) is 67.6 Å². The van der Waals surface area contributed by atoms with Gasteiger partial charge in [0.25, 0.3) is 11.5 Å². The molecule has 0 spiro atoms. The Balaban J connectivity index is 1.55. The van der Waals surface area contributed by atoms with Crippen LogP contribution in [0.3, 0.4) is 0 Å². The van der Waals surface area contributed by atoms with Gasteiger partial charge >= 0.3 is 0 Å². The summed E-state index contributed by atoms with van der Waals surface area (Å²) in [6.07, 6.45) is 1.55. The van der Waals surface area contributed by atoms with Crippen LogP contribution in [0.1, 0.15) is 38.3 Å². The molecule has 1 aromatic heterocycles. The monoisotopic (exact) mass is 420 g/mol. The predicted octanol–water partition coefficient (Wildman–Crippen LogP) is 4.10. The smallest absolute Gasteiger partial charge is 0.262 e. The van der Waals surface area contributed by atoms with Crippen LogP contribution in [0.2, 0.25) is 0 Å². The molecule has 6 nitrogen and oxygen atoms in total. The molecule has 1 aliphatic rings. The maximum atomic E-state index is 13.0. The lowest BCUT2D eigenvalue weighted by Gasteiger charge is -2.18. The van der Waals surface area contributed by atoms with Crippen molar-refractivity contribution in [2.45, 2.75) is 37.9 Å². The van der Waals surface area contributed by atoms with Crippen molar-refractivity contribution in [3.8, 4) is 0 Å². The summed E-state index contributed by atoms with van der Waals surface area (Å²) in [7, 11) is 0. The number of hydrazone groups is 1. The van der Waals surface area contributed by atoms with Crippen LogP contribution < -0.4 is 5.56 Å². The van der Waals surface area contributed by atoms with Gasteiger partial charge in [0.05, 0.1) is 28.9 Å². The Morgan fingerprint density at radius 2 is 1.87 bits per heavy atom. The number of hydrogen-bond donors (Lipinski definition) is 0. The van der Waals surface area contributed by atoms with E-state index in [1.807, 2.05) is 62.4 Å². The number of carbonyl (C=O) groups excluding carboxylic acids is 1. The Morgan fingerprint density at radius 3 is 2.63 bits per heavy atom. The van der Waals surface area contributed by atoms with Crippen LogP contribution in [0.4, 0.5) is 0 Å². The van der Waals surface area contributed by atoms with E-state index in [2.05, 4.69) is 10.1 Å². The zero-order valence-corrected chi connectivity index (χ0v) is 17.9. The number of nitrogens with zero attached hydrogens (tertiary/aromatic N) is 4. The summed E-state index contributed by atoms with van der Waals surface area (Å²) < 4.78 is 1.71. The molecular weight excluding hydrogens is 396 g/mol. The molecule has 1 amide bonds. The molecule has 0 aliphatic carbocycles. The van der Waals surface area contributed by atoms with Crippen molar-refractivity contribution in [1.29, 1.82) is 0 Å². The van der Waals surface area contributed by atoms with Crippen molar-refractivity contribution < 1.29 is 4.79 Å². The summed E-state index contributed by atoms with van der Waals surface area (Å²) >= 11 is 1.30. The fraction of sp³-hybridized carbons (Fsp3) is 0.304. The Bertz CT molecular complexity index is 1160. The quantitative estimate of drug-likeness (QED) is 0.445. The second-order valence-corrected chi connectivity index (χ2v) is 8.25. The van der Waals surface area contributed by atoms with Gasteiger partial charge in [0, 0.05) is 12.5 Å². The minimum atomic E-state index is -0.0796. The first-order chi connectivity index (χ1) is 14.6. The first kappa shape index (κ1) is 20.3. The van der Waals surface area contributed by atoms with Crippen molar-refractivity contribution in [3.63, 3.8) is 0 Å². The molecule has 0 unspecified atom stereocenters. The number of hydrogen-bond acceptors (Lipinski definition) is 5. The minimum absolute atomic E-state index is 0.00157. The second kappa shape index (κ2) is 8.83. The number of carbonyl (C=O) groups is 1. The van der Waals surface area contributed by atoms with Gasteiger partial charge in [-0.2, -0.15) is 5.10 Å². The molecule has 0 radical (unpaired) electrons. The van der Waals surface area contributed by atoms with Gasteiger partial charge in [-0.3, -0.25) is 14.2 Å². The largest absolute Gasteiger partial charge is 0.284 e. The first-order valence-electron chi connectivity index (χ1n) is 10.2. The third-order valence-corrected chi connectivity index (χ3v) is 6.27. The molecular formula is C23H24N4O2S. The number of amides is 1. The lowest BCUT2D eigenvalue weighted by molar-refractivity contribution is -0.127. The summed E-state index contributed by atoms with van der Waals surface area (Å²) in [5.41, 5.74) is 2.56. The Morgan fingerprint density at radius 1 is 1.13 bits per heavy atom. The van der Waals surface area contributed by atoms with E-state index in [4.69, 9.17) is 0 Å². The molecule has 0 fully saturated rings. The lowest BCUT2D eigenvalue weighted by atomic mass is 10.1. The highest BCUT2D eigenvalue weighted by atomic mass is 32.2. The van der Waals surface area contributed by atoms with Gasteiger partial charge < -0.3 is 0 Å². The number of benzene rings is 2. The molecule has 0 bridgehead atoms. The molecule has 2 aromatic carbocycles. The standard InChI is InChI=1S/C23H24N4O2S/c1-3-16(2)27-22(29)18-11-7-8-12-20(18)24-23(27)30-15-21(28)26-14-13-19(25-26)17-9-5-4-6-10-17/h4-12,16H,3,13-15H2,1-2H3/t16-/m1/s1. The fourth-order valence-electron chi connectivity index (χ4n) is 3.47. The third kappa shape index (κ3) is 4.03. The zero-order valence-electron chi connectivity index (χ0n) is 17.1. The van der Waals surface area contributed by atoms with Crippen molar-refractivity contribution in [1.82, 2.24) is 14.6 Å². The van der Waals surface area contributed by atoms with Crippen LogP contribution in [-0.2, 0) is 4.79 Å². The van der Waals surface area contributed by atoms with E-state index >= 15 is 0 Å². The van der Waals surface area contributed by atoms with Crippen molar-refractivity contribution >= 4 is 34.3 Å². The summed E-state index contributed by atoms with van der Waals surface area (Å²) in [5, 5.41) is 7.22. The van der Waals surface area contributed by atoms with E-state index in [0.717, 1.165) is 24.1 Å². The average molecular weight is 421 g/mol. The van der Waals surface area contributed by atoms with Gasteiger partial charge in [0.2, 0.25) is 0 Å². The van der Waals surface area contributed by atoms with Crippen molar-refractivity contribution in [2.24, 2.45) is 5.10 Å². The Hall–Kier alpha value is -2.93. The summed E-state index contributed by atoms with van der Waals surface area (Å²) in [5.74, 6) is 0.108. The number of rotatable bonds is 6. The van der Waals surface area contributed by atoms with Gasteiger partial charge in [-0.25, -0.2) is 9.99 Å². The van der Waals surface area contributed by atoms with Gasteiger partial charge in [-0.05, 0) is 31.0 Å². The van der Waals surface area contributed by atoms with Gasteiger partial charge in [-0.15, -0.1) is 0 Å². The number of fused-ring (bicyclic) bond motifs is 1. The SMILES string of the molecule is CC[C@@H](C)n1c(SCC(=O)N2CCC(c3ccccc3)=N2)nc2ccccc2c1=O. The van der Waals surface area contributed by atoms with Crippen LogP contribution in [-0.4, -0.2) is 38.5 Å². The number of aromatic nitrogens is 2. The molecule has 3 aromatic rings. The van der Waals surface area contributed by atoms with E-state index in [-0.39, 0.29) is 23.3 Å². The molecule has 4 rings (SSSR count). The van der Waals surface area contributed by atoms with Crippen molar-refractivity contribution in [2.75, 3.05) is 12.3 Å². The van der Waals surface area contributed by atoms with Gasteiger partial charge in [-0.1, -0.05) is 61.2 Å². The van der Waals surface area contributed by atoms with E-state index in [1.165, 1.54) is 16.8 Å². The Labute approximate surface area is 179 Å². The highest BCUT2D eigenvalue weighted by molar-refractivity contribution is 7.99. The van der Waals surface area contributed by atoms with Crippen LogP contribution in [0, 0.1) is 0 Å². The van der Waals surface area contributed by atoms with E-state index < -0.39 is 0 Å². The van der Waals surface area contributed by atoms with Crippen LogP contribution >= 0.6 is 11.8 Å². The first-order valence-corrected chi connectivity index (χ1v) is 11.1. The van der Waals surface area contributed by atoms with E-state index in [1.54, 1.807) is 10.6 Å². The molecule has 2 heterocycles. The highest BCUT2D eigenvalue weighted by Gasteiger charge is 2.23. The summed E-state index contributed by atoms with van der Waals surface area (Å²) in [4.78, 5) is 30.5. The number of para-hydroxylation sites is 1. The van der Waals surface area contributed by atoms with Gasteiger partial charge in [0.15, 0.2) is 5.16 Å². The zero-order chi connectivity index (χ0) is 21.1. The third-order valence-electron chi connectivity index (χ3n) is 5.33. The summed E-state index contributed by atoms with van der Waals surface area (Å²) in [6, 6.07) is 17.3. The second-order valence-electron chi connectivity index (χ2n) is 7.31. The fourth-order valence-corrected chi connectivity index (χ4v) is 4.44. The van der Waals surface area contributed by atoms with Crippen LogP contribution in [0.25, 0.3) is 10.9 Å². The molecule has 1 aliphatic heterocycles. The maximum Gasteiger partial charge on any atom is 0.262 e. The molecule has 7 heteroatoms. The Kier molecular flexibility index (Phi) is 5.99. The lowest BCUT2D eigenvalue weighted by Crippen LogP contribution is -2.28. The molecule has 154 valence electrons. The molecule has 30 heavy (non-hydrogen) atoms. The van der Waals surface area contributed by atoms with Crippen molar-refractivity contribution in [3.05, 3.63) is 70.5 Å². The minimum Gasteiger partial charge on any atom is -0.284 e. The molecule has 0 saturated heterocycles. The summed E-state index contributed by atoms with van der Waals surface area (Å²) in [6.45, 7) is 4.61. The maximum absolute atomic E-state index is 13.0.